The predicted molar refractivity (Wildman–Crippen MR) is 61.4 cm³/mol. The van der Waals surface area contributed by atoms with Crippen LogP contribution in [0, 0.1) is 5.82 Å². The van der Waals surface area contributed by atoms with Crippen molar-refractivity contribution in [2.45, 2.75) is 12.5 Å². The summed E-state index contributed by atoms with van der Waals surface area (Å²) >= 11 is 1.63. The van der Waals surface area contributed by atoms with Crippen LogP contribution in [0.3, 0.4) is 0 Å². The molecule has 2 rings (SSSR count). The van der Waals surface area contributed by atoms with Crippen molar-refractivity contribution in [2.75, 3.05) is 0 Å². The topological polar surface area (TPSA) is 26.0 Å². The molecule has 1 atom stereocenters. The first-order chi connectivity index (χ1) is 7.27. The van der Waals surface area contributed by atoms with Crippen molar-refractivity contribution in [3.63, 3.8) is 0 Å². The molecular weight excluding hydrogens is 209 g/mol. The minimum absolute atomic E-state index is 0.222. The lowest BCUT2D eigenvalue weighted by Gasteiger charge is -2.11. The fourth-order valence-electron chi connectivity index (χ4n) is 1.55. The molecule has 1 nitrogen and oxygen atoms in total. The summed E-state index contributed by atoms with van der Waals surface area (Å²) < 4.78 is 13.4. The average molecular weight is 221 g/mol. The van der Waals surface area contributed by atoms with E-state index < -0.39 is 0 Å². The molecule has 1 aromatic carbocycles. The van der Waals surface area contributed by atoms with E-state index in [9.17, 15) is 4.39 Å². The molecule has 0 aliphatic carbocycles. The third-order valence-electron chi connectivity index (χ3n) is 2.34. The highest BCUT2D eigenvalue weighted by Crippen LogP contribution is 2.19. The highest BCUT2D eigenvalue weighted by atomic mass is 32.1. The number of nitrogens with two attached hydrogens (primary N) is 1. The van der Waals surface area contributed by atoms with Gasteiger partial charge in [0, 0.05) is 11.6 Å². The largest absolute Gasteiger partial charge is 0.324 e. The van der Waals surface area contributed by atoms with Gasteiger partial charge in [-0.1, -0.05) is 18.2 Å². The van der Waals surface area contributed by atoms with E-state index in [1.54, 1.807) is 23.5 Å². The van der Waals surface area contributed by atoms with Crippen molar-refractivity contribution in [3.8, 4) is 0 Å². The van der Waals surface area contributed by atoms with Gasteiger partial charge < -0.3 is 5.73 Å². The van der Waals surface area contributed by atoms with E-state index in [1.807, 2.05) is 22.9 Å². The van der Waals surface area contributed by atoms with Gasteiger partial charge in [-0.05, 0) is 34.9 Å². The molecule has 15 heavy (non-hydrogen) atoms. The van der Waals surface area contributed by atoms with Crippen LogP contribution in [-0.4, -0.2) is 0 Å². The van der Waals surface area contributed by atoms with Crippen LogP contribution in [0.5, 0.6) is 0 Å². The molecule has 3 heteroatoms. The molecule has 0 radical (unpaired) electrons. The van der Waals surface area contributed by atoms with Crippen LogP contribution in [-0.2, 0) is 6.42 Å². The van der Waals surface area contributed by atoms with Gasteiger partial charge in [-0.2, -0.15) is 11.3 Å². The second kappa shape index (κ2) is 4.55. The standard InChI is InChI=1S/C12H12FNS/c13-11-4-2-1-3-10(11)12(14)7-9-5-6-15-8-9/h1-6,8,12H,7,14H2. The van der Waals surface area contributed by atoms with E-state index >= 15 is 0 Å². The molecule has 1 unspecified atom stereocenters. The Morgan fingerprint density at radius 1 is 1.27 bits per heavy atom. The van der Waals surface area contributed by atoms with E-state index in [1.165, 1.54) is 6.07 Å². The molecule has 0 saturated carbocycles. The fraction of sp³-hybridized carbons (Fsp3) is 0.167. The normalized spacial score (nSPS) is 12.7. The summed E-state index contributed by atoms with van der Waals surface area (Å²) in [5, 5.41) is 4.05. The van der Waals surface area contributed by atoms with E-state index in [4.69, 9.17) is 5.73 Å². The summed E-state index contributed by atoms with van der Waals surface area (Å²) in [7, 11) is 0. The first-order valence-electron chi connectivity index (χ1n) is 4.78. The summed E-state index contributed by atoms with van der Waals surface area (Å²) in [6.45, 7) is 0. The number of halogens is 1. The smallest absolute Gasteiger partial charge is 0.127 e. The molecular formula is C12H12FNS. The van der Waals surface area contributed by atoms with Crippen molar-refractivity contribution in [1.29, 1.82) is 0 Å². The Hall–Kier alpha value is -1.19. The zero-order valence-electron chi connectivity index (χ0n) is 8.19. The number of hydrogen-bond acceptors (Lipinski definition) is 2. The molecule has 78 valence electrons. The van der Waals surface area contributed by atoms with Gasteiger partial charge in [0.15, 0.2) is 0 Å². The quantitative estimate of drug-likeness (QED) is 0.846. The second-order valence-electron chi connectivity index (χ2n) is 3.46. The van der Waals surface area contributed by atoms with Crippen LogP contribution in [0.4, 0.5) is 4.39 Å². The minimum atomic E-state index is -0.263. The van der Waals surface area contributed by atoms with Crippen molar-refractivity contribution in [1.82, 2.24) is 0 Å². The molecule has 0 amide bonds. The first-order valence-corrected chi connectivity index (χ1v) is 5.73. The number of benzene rings is 1. The Morgan fingerprint density at radius 2 is 2.07 bits per heavy atom. The molecule has 0 spiro atoms. The Kier molecular flexibility index (Phi) is 3.14. The van der Waals surface area contributed by atoms with Gasteiger partial charge in [0.1, 0.15) is 5.82 Å². The molecule has 0 aliphatic heterocycles. The molecule has 1 aromatic heterocycles. The maximum atomic E-state index is 13.4. The molecule has 0 saturated heterocycles. The van der Waals surface area contributed by atoms with Crippen LogP contribution in [0.1, 0.15) is 17.2 Å². The van der Waals surface area contributed by atoms with E-state index in [0.717, 1.165) is 5.56 Å². The Bertz CT molecular complexity index is 425. The monoisotopic (exact) mass is 221 g/mol. The highest BCUT2D eigenvalue weighted by molar-refractivity contribution is 7.07. The van der Waals surface area contributed by atoms with E-state index in [-0.39, 0.29) is 11.9 Å². The zero-order valence-corrected chi connectivity index (χ0v) is 9.01. The molecule has 0 aliphatic rings. The van der Waals surface area contributed by atoms with Crippen molar-refractivity contribution in [2.24, 2.45) is 5.73 Å². The van der Waals surface area contributed by atoms with E-state index in [2.05, 4.69) is 0 Å². The van der Waals surface area contributed by atoms with Crippen molar-refractivity contribution >= 4 is 11.3 Å². The van der Waals surface area contributed by atoms with Crippen molar-refractivity contribution < 1.29 is 4.39 Å². The van der Waals surface area contributed by atoms with Crippen LogP contribution >= 0.6 is 11.3 Å². The lowest BCUT2D eigenvalue weighted by molar-refractivity contribution is 0.580. The van der Waals surface area contributed by atoms with Crippen LogP contribution < -0.4 is 5.73 Å². The van der Waals surface area contributed by atoms with Gasteiger partial charge in [-0.25, -0.2) is 4.39 Å². The van der Waals surface area contributed by atoms with Crippen LogP contribution in [0.2, 0.25) is 0 Å². The number of thiophene rings is 1. The first kappa shape index (κ1) is 10.3. The molecule has 0 fully saturated rings. The molecule has 0 bridgehead atoms. The van der Waals surface area contributed by atoms with Gasteiger partial charge in [0.05, 0.1) is 0 Å². The summed E-state index contributed by atoms with van der Waals surface area (Å²) in [5.41, 5.74) is 7.70. The summed E-state index contributed by atoms with van der Waals surface area (Å²) in [4.78, 5) is 0. The summed E-state index contributed by atoms with van der Waals surface area (Å²) in [5.74, 6) is -0.222. The van der Waals surface area contributed by atoms with Gasteiger partial charge in [0.25, 0.3) is 0 Å². The lowest BCUT2D eigenvalue weighted by Crippen LogP contribution is -2.14. The van der Waals surface area contributed by atoms with Gasteiger partial charge in [-0.3, -0.25) is 0 Å². The second-order valence-corrected chi connectivity index (χ2v) is 4.24. The maximum Gasteiger partial charge on any atom is 0.127 e. The predicted octanol–water partition coefficient (Wildman–Crippen LogP) is 3.13. The molecule has 2 aromatic rings. The van der Waals surface area contributed by atoms with Crippen molar-refractivity contribution in [3.05, 3.63) is 58.0 Å². The minimum Gasteiger partial charge on any atom is -0.324 e. The summed E-state index contributed by atoms with van der Waals surface area (Å²) in [6, 6.07) is 8.43. The van der Waals surface area contributed by atoms with Crippen LogP contribution in [0.15, 0.2) is 41.1 Å². The number of rotatable bonds is 3. The van der Waals surface area contributed by atoms with Gasteiger partial charge in [0.2, 0.25) is 0 Å². The van der Waals surface area contributed by atoms with E-state index in [0.29, 0.717) is 12.0 Å². The highest BCUT2D eigenvalue weighted by Gasteiger charge is 2.11. The number of hydrogen-bond donors (Lipinski definition) is 1. The molecule has 2 N–H and O–H groups in total. The third-order valence-corrected chi connectivity index (χ3v) is 3.07. The van der Waals surface area contributed by atoms with Gasteiger partial charge in [-0.15, -0.1) is 0 Å². The third kappa shape index (κ3) is 2.43. The van der Waals surface area contributed by atoms with Crippen LogP contribution in [0.25, 0.3) is 0 Å². The summed E-state index contributed by atoms with van der Waals surface area (Å²) in [6.07, 6.45) is 0.685. The Labute approximate surface area is 92.4 Å². The molecule has 1 heterocycles. The SMILES string of the molecule is NC(Cc1ccsc1)c1ccccc1F. The Morgan fingerprint density at radius 3 is 2.73 bits per heavy atom. The fourth-order valence-corrected chi connectivity index (χ4v) is 2.23. The maximum absolute atomic E-state index is 13.4. The average Bonchev–Trinajstić information content (AvgIpc) is 2.71. The lowest BCUT2D eigenvalue weighted by atomic mass is 10.0. The Balaban J connectivity index is 2.15. The zero-order chi connectivity index (χ0) is 10.7. The van der Waals surface area contributed by atoms with Gasteiger partial charge >= 0.3 is 0 Å².